The van der Waals surface area contributed by atoms with E-state index in [-0.39, 0.29) is 5.82 Å². The average molecular weight is 355 g/mol. The van der Waals surface area contributed by atoms with Gasteiger partial charge < -0.3 is 5.32 Å². The summed E-state index contributed by atoms with van der Waals surface area (Å²) >= 11 is 6.05. The van der Waals surface area contributed by atoms with Crippen LogP contribution in [0, 0.1) is 6.92 Å². The molecule has 10 heteroatoms. The zero-order valence-electron chi connectivity index (χ0n) is 13.0. The second kappa shape index (κ2) is 5.95. The van der Waals surface area contributed by atoms with Gasteiger partial charge >= 0.3 is 0 Å². The number of fused-ring (bicyclic) bond motifs is 1. The molecule has 3 aromatic heterocycles. The second-order valence-corrected chi connectivity index (χ2v) is 5.63. The molecule has 0 aliphatic heterocycles. The van der Waals surface area contributed by atoms with E-state index < -0.39 is 5.91 Å². The number of aromatic nitrogens is 7. The molecule has 0 saturated heterocycles. The second-order valence-electron chi connectivity index (χ2n) is 5.19. The summed E-state index contributed by atoms with van der Waals surface area (Å²) in [6.45, 7) is 1.85. The maximum absolute atomic E-state index is 12.6. The lowest BCUT2D eigenvalue weighted by molar-refractivity contribution is 0.101. The Morgan fingerprint density at radius 1 is 1.28 bits per heavy atom. The molecule has 0 bridgehead atoms. The van der Waals surface area contributed by atoms with Crippen molar-refractivity contribution in [1.82, 2.24) is 34.3 Å². The molecule has 9 nitrogen and oxygen atoms in total. The molecular weight excluding hydrogens is 344 g/mol. The van der Waals surface area contributed by atoms with Gasteiger partial charge in [-0.15, -0.1) is 5.10 Å². The molecule has 0 aliphatic rings. The highest BCUT2D eigenvalue weighted by Gasteiger charge is 2.17. The van der Waals surface area contributed by atoms with Crippen LogP contribution >= 0.6 is 11.6 Å². The minimum atomic E-state index is -0.478. The SMILES string of the molecule is Cc1ccnc2nc(C(=O)Nc3cc(Cl)ccc3-n3cncn3)nn12. The van der Waals surface area contributed by atoms with E-state index in [0.717, 1.165) is 5.69 Å². The van der Waals surface area contributed by atoms with Crippen LogP contribution in [0.5, 0.6) is 0 Å². The smallest absolute Gasteiger partial charge is 0.295 e. The highest BCUT2D eigenvalue weighted by molar-refractivity contribution is 6.31. The van der Waals surface area contributed by atoms with Gasteiger partial charge in [0.25, 0.3) is 11.7 Å². The lowest BCUT2D eigenvalue weighted by Gasteiger charge is -2.10. The summed E-state index contributed by atoms with van der Waals surface area (Å²) in [5.41, 5.74) is 1.91. The Kier molecular flexibility index (Phi) is 3.62. The molecule has 0 aliphatic carbocycles. The molecule has 0 fully saturated rings. The highest BCUT2D eigenvalue weighted by atomic mass is 35.5. The maximum atomic E-state index is 12.6. The number of nitrogens with zero attached hydrogens (tertiary/aromatic N) is 7. The molecule has 4 rings (SSSR count). The Bertz CT molecular complexity index is 1070. The quantitative estimate of drug-likeness (QED) is 0.603. The van der Waals surface area contributed by atoms with E-state index in [9.17, 15) is 4.79 Å². The van der Waals surface area contributed by atoms with Gasteiger partial charge in [-0.25, -0.2) is 19.2 Å². The number of carbonyl (C=O) groups is 1. The Morgan fingerprint density at radius 3 is 2.92 bits per heavy atom. The fourth-order valence-electron chi connectivity index (χ4n) is 2.32. The lowest BCUT2D eigenvalue weighted by Crippen LogP contribution is -2.16. The number of benzene rings is 1. The summed E-state index contributed by atoms with van der Waals surface area (Å²) in [5, 5.41) is 11.5. The van der Waals surface area contributed by atoms with E-state index in [2.05, 4.69) is 30.5 Å². The normalized spacial score (nSPS) is 11.0. The predicted octanol–water partition coefficient (Wildman–Crippen LogP) is 1.92. The molecule has 0 spiro atoms. The molecule has 3 heterocycles. The summed E-state index contributed by atoms with van der Waals surface area (Å²) in [4.78, 5) is 24.7. The third-order valence-corrected chi connectivity index (χ3v) is 3.74. The topological polar surface area (TPSA) is 103 Å². The van der Waals surface area contributed by atoms with Crippen LogP contribution in [0.2, 0.25) is 5.02 Å². The number of nitrogens with one attached hydrogen (secondary N) is 1. The van der Waals surface area contributed by atoms with E-state index in [1.807, 2.05) is 6.92 Å². The van der Waals surface area contributed by atoms with E-state index in [1.165, 1.54) is 21.9 Å². The van der Waals surface area contributed by atoms with Crippen molar-refractivity contribution in [3.63, 3.8) is 0 Å². The Morgan fingerprint density at radius 2 is 2.16 bits per heavy atom. The zero-order chi connectivity index (χ0) is 17.4. The van der Waals surface area contributed by atoms with Crippen LogP contribution in [-0.2, 0) is 0 Å². The molecule has 1 aromatic carbocycles. The number of rotatable bonds is 3. The Hall–Kier alpha value is -3.33. The monoisotopic (exact) mass is 354 g/mol. The van der Waals surface area contributed by atoms with Gasteiger partial charge in [-0.2, -0.15) is 10.1 Å². The van der Waals surface area contributed by atoms with Gasteiger partial charge in [0.1, 0.15) is 12.7 Å². The number of anilines is 1. The average Bonchev–Trinajstić information content (AvgIpc) is 3.25. The van der Waals surface area contributed by atoms with Crippen LogP contribution in [0.25, 0.3) is 11.5 Å². The fraction of sp³-hybridized carbons (Fsp3) is 0.0667. The summed E-state index contributed by atoms with van der Waals surface area (Å²) in [6.07, 6.45) is 4.54. The summed E-state index contributed by atoms with van der Waals surface area (Å²) < 4.78 is 3.03. The van der Waals surface area contributed by atoms with Gasteiger partial charge in [-0.3, -0.25) is 4.79 Å². The molecule has 1 amide bonds. The Balaban J connectivity index is 1.70. The van der Waals surface area contributed by atoms with Crippen molar-refractivity contribution in [2.75, 3.05) is 5.32 Å². The van der Waals surface area contributed by atoms with Gasteiger partial charge in [0.05, 0.1) is 11.4 Å². The third kappa shape index (κ3) is 2.81. The molecule has 124 valence electrons. The number of hydrogen-bond donors (Lipinski definition) is 1. The first kappa shape index (κ1) is 15.2. The van der Waals surface area contributed by atoms with Crippen molar-refractivity contribution in [1.29, 1.82) is 0 Å². The third-order valence-electron chi connectivity index (χ3n) is 3.51. The van der Waals surface area contributed by atoms with Crippen LogP contribution in [0.1, 0.15) is 16.3 Å². The summed E-state index contributed by atoms with van der Waals surface area (Å²) in [6, 6.07) is 6.83. The molecule has 0 saturated carbocycles. The molecule has 1 N–H and O–H groups in total. The van der Waals surface area contributed by atoms with Crippen LogP contribution in [0.15, 0.2) is 43.1 Å². The summed E-state index contributed by atoms with van der Waals surface area (Å²) in [5.74, 6) is -0.118. The minimum absolute atomic E-state index is 0.00585. The first-order valence-electron chi connectivity index (χ1n) is 7.26. The van der Waals surface area contributed by atoms with Gasteiger partial charge in [0.15, 0.2) is 0 Å². The van der Waals surface area contributed by atoms with Gasteiger partial charge in [0, 0.05) is 16.9 Å². The van der Waals surface area contributed by atoms with E-state index in [0.29, 0.717) is 22.2 Å². The summed E-state index contributed by atoms with van der Waals surface area (Å²) in [7, 11) is 0. The number of halogens is 1. The molecule has 4 aromatic rings. The van der Waals surface area contributed by atoms with Crippen molar-refractivity contribution >= 4 is 29.0 Å². The van der Waals surface area contributed by atoms with Crippen LogP contribution in [-0.4, -0.2) is 40.3 Å². The van der Waals surface area contributed by atoms with E-state index in [1.54, 1.807) is 30.5 Å². The minimum Gasteiger partial charge on any atom is -0.317 e. The van der Waals surface area contributed by atoms with Crippen molar-refractivity contribution < 1.29 is 4.79 Å². The van der Waals surface area contributed by atoms with Crippen molar-refractivity contribution in [3.05, 3.63) is 59.7 Å². The zero-order valence-corrected chi connectivity index (χ0v) is 13.7. The number of carbonyl (C=O) groups excluding carboxylic acids is 1. The van der Waals surface area contributed by atoms with E-state index in [4.69, 9.17) is 11.6 Å². The number of hydrogen-bond acceptors (Lipinski definition) is 6. The first-order chi connectivity index (χ1) is 12.1. The number of aryl methyl sites for hydroxylation is 1. The molecule has 0 unspecified atom stereocenters. The van der Waals surface area contributed by atoms with Crippen LogP contribution < -0.4 is 5.32 Å². The molecule has 25 heavy (non-hydrogen) atoms. The van der Waals surface area contributed by atoms with Crippen molar-refractivity contribution in [2.45, 2.75) is 6.92 Å². The predicted molar refractivity (Wildman–Crippen MR) is 89.8 cm³/mol. The van der Waals surface area contributed by atoms with Gasteiger partial charge in [-0.05, 0) is 31.2 Å². The first-order valence-corrected chi connectivity index (χ1v) is 7.64. The van der Waals surface area contributed by atoms with Gasteiger partial charge in [-0.1, -0.05) is 11.6 Å². The van der Waals surface area contributed by atoms with Crippen LogP contribution in [0.3, 0.4) is 0 Å². The fourth-order valence-corrected chi connectivity index (χ4v) is 2.49. The Labute approximate surface area is 146 Å². The van der Waals surface area contributed by atoms with Gasteiger partial charge in [0.2, 0.25) is 5.82 Å². The standard InChI is InChI=1S/C15H11ClN8O/c1-9-4-5-18-15-21-13(22-24(9)15)14(25)20-11-6-10(16)2-3-12(11)23-8-17-7-19-23/h2-8H,1H3,(H,20,25). The highest BCUT2D eigenvalue weighted by Crippen LogP contribution is 2.24. The maximum Gasteiger partial charge on any atom is 0.295 e. The van der Waals surface area contributed by atoms with Crippen molar-refractivity contribution in [3.8, 4) is 5.69 Å². The van der Waals surface area contributed by atoms with Crippen molar-refractivity contribution in [2.24, 2.45) is 0 Å². The lowest BCUT2D eigenvalue weighted by atomic mass is 10.2. The molecule has 0 atom stereocenters. The number of amides is 1. The van der Waals surface area contributed by atoms with Crippen LogP contribution in [0.4, 0.5) is 5.69 Å². The largest absolute Gasteiger partial charge is 0.317 e. The molecule has 0 radical (unpaired) electrons. The molecular formula is C15H11ClN8O. The van der Waals surface area contributed by atoms with E-state index >= 15 is 0 Å².